The molecule has 3 nitrogen and oxygen atoms in total. The Balaban J connectivity index is 3.19. The van der Waals surface area contributed by atoms with Gasteiger partial charge in [0.2, 0.25) is 0 Å². The van der Waals surface area contributed by atoms with Gasteiger partial charge in [-0.05, 0) is 6.66 Å². The van der Waals surface area contributed by atoms with Crippen molar-refractivity contribution in [1.29, 1.82) is 0 Å². The molecule has 0 aromatic rings. The molecule has 10 heavy (non-hydrogen) atoms. The van der Waals surface area contributed by atoms with Gasteiger partial charge in [0, 0.05) is 20.4 Å². The summed E-state index contributed by atoms with van der Waals surface area (Å²) < 4.78 is 4.60. The Kier molecular flexibility index (Phi) is 5.17. The van der Waals surface area contributed by atoms with Crippen molar-refractivity contribution in [2.45, 2.75) is 0 Å². The highest BCUT2D eigenvalue weighted by molar-refractivity contribution is 7.50. The molecule has 0 fully saturated rings. The van der Waals surface area contributed by atoms with Gasteiger partial charge < -0.3 is 9.63 Å². The van der Waals surface area contributed by atoms with Crippen LogP contribution in [-0.4, -0.2) is 30.3 Å². The molecule has 0 amide bonds. The van der Waals surface area contributed by atoms with Crippen LogP contribution in [0.1, 0.15) is 0 Å². The van der Waals surface area contributed by atoms with Crippen LogP contribution in [0.3, 0.4) is 0 Å². The molecule has 0 aromatic heterocycles. The van der Waals surface area contributed by atoms with Gasteiger partial charge in [-0.15, -0.1) is 0 Å². The first-order valence-corrected chi connectivity index (χ1v) is 4.78. The van der Waals surface area contributed by atoms with Crippen molar-refractivity contribution in [1.82, 2.24) is 0 Å². The van der Waals surface area contributed by atoms with Gasteiger partial charge in [0.1, 0.15) is 0 Å². The number of esters is 1. The van der Waals surface area contributed by atoms with Crippen molar-refractivity contribution in [3.63, 3.8) is 0 Å². The molecule has 0 aliphatic heterocycles. The summed E-state index contributed by atoms with van der Waals surface area (Å²) >= 11 is 0. The van der Waals surface area contributed by atoms with E-state index in [9.17, 15) is 4.79 Å². The van der Waals surface area contributed by atoms with E-state index in [0.717, 1.165) is 6.08 Å². The molecule has 0 rings (SSSR count). The topological polar surface area (TPSA) is 46.5 Å². The second-order valence-corrected chi connectivity index (χ2v) is 3.52. The smallest absolute Gasteiger partial charge is 0.330 e. The van der Waals surface area contributed by atoms with Gasteiger partial charge in [0.05, 0.1) is 6.61 Å². The van der Waals surface area contributed by atoms with Crippen LogP contribution in [0.15, 0.2) is 12.7 Å². The van der Waals surface area contributed by atoms with E-state index in [-0.39, 0.29) is 6.61 Å². The highest BCUT2D eigenvalue weighted by Crippen LogP contribution is 2.21. The number of carbonyl (C=O) groups excluding carboxylic acids is 1. The molecule has 0 radical (unpaired) electrons. The molecule has 0 saturated carbocycles. The molecular weight excluding hydrogens is 151 g/mol. The van der Waals surface area contributed by atoms with E-state index in [1.54, 1.807) is 6.66 Å². The Morgan fingerprint density at radius 2 is 2.50 bits per heavy atom. The lowest BCUT2D eigenvalue weighted by Crippen LogP contribution is -2.04. The summed E-state index contributed by atoms with van der Waals surface area (Å²) in [5.74, 6) is -0.433. The first kappa shape index (κ1) is 9.60. The zero-order chi connectivity index (χ0) is 7.98. The van der Waals surface area contributed by atoms with Crippen molar-refractivity contribution in [2.75, 3.05) is 19.4 Å². The van der Waals surface area contributed by atoms with Crippen molar-refractivity contribution >= 4 is 14.1 Å². The lowest BCUT2D eigenvalue weighted by atomic mass is 10.6. The molecule has 0 aliphatic rings. The molecule has 4 heteroatoms. The maximum Gasteiger partial charge on any atom is 0.330 e. The second-order valence-electron chi connectivity index (χ2n) is 1.75. The second kappa shape index (κ2) is 5.39. The zero-order valence-corrected chi connectivity index (χ0v) is 6.80. The van der Waals surface area contributed by atoms with Crippen LogP contribution in [0, 0.1) is 0 Å². The fourth-order valence-electron chi connectivity index (χ4n) is 0.337. The zero-order valence-electron chi connectivity index (χ0n) is 5.91. The maximum atomic E-state index is 10.4. The molecule has 0 bridgehead atoms. The Morgan fingerprint density at radius 3 is 2.90 bits per heavy atom. The first-order valence-electron chi connectivity index (χ1n) is 2.86. The summed E-state index contributed by atoms with van der Waals surface area (Å²) in [6.07, 6.45) is 1.64. The maximum absolute atomic E-state index is 10.4. The largest absolute Gasteiger partial charge is 0.462 e. The molecule has 0 aliphatic carbocycles. The highest BCUT2D eigenvalue weighted by atomic mass is 31.1. The third-order valence-electron chi connectivity index (χ3n) is 0.826. The predicted octanol–water partition coefficient (Wildman–Crippen LogP) is 0.735. The monoisotopic (exact) mass is 162 g/mol. The minimum atomic E-state index is -0.948. The number of carbonyl (C=O) groups is 1. The fraction of sp³-hybridized carbons (Fsp3) is 0.500. The first-order chi connectivity index (χ1) is 4.66. The van der Waals surface area contributed by atoms with E-state index in [0.29, 0.717) is 6.16 Å². The summed E-state index contributed by atoms with van der Waals surface area (Å²) in [7, 11) is -0.948. The van der Waals surface area contributed by atoms with Crippen LogP contribution >= 0.6 is 8.15 Å². The SMILES string of the molecule is C=CC(=O)OCCP(C)O. The Morgan fingerprint density at radius 1 is 1.90 bits per heavy atom. The molecule has 0 saturated heterocycles. The number of rotatable bonds is 4. The normalized spacial score (nSPS) is 12.2. The summed E-state index contributed by atoms with van der Waals surface area (Å²) in [6.45, 7) is 5.21. The molecule has 1 unspecified atom stereocenters. The van der Waals surface area contributed by atoms with E-state index < -0.39 is 14.1 Å². The number of hydrogen-bond acceptors (Lipinski definition) is 3. The van der Waals surface area contributed by atoms with Crippen LogP contribution in [0.25, 0.3) is 0 Å². The van der Waals surface area contributed by atoms with E-state index in [1.807, 2.05) is 0 Å². The molecule has 0 spiro atoms. The van der Waals surface area contributed by atoms with Gasteiger partial charge in [-0.3, -0.25) is 0 Å². The Bertz CT molecular complexity index is 122. The van der Waals surface area contributed by atoms with E-state index in [4.69, 9.17) is 4.89 Å². The standard InChI is InChI=1S/C6H11O3P/c1-3-6(7)9-4-5-10(2)8/h3,8H,1,4-5H2,2H3. The van der Waals surface area contributed by atoms with Gasteiger partial charge in [0.25, 0.3) is 0 Å². The highest BCUT2D eigenvalue weighted by Gasteiger charge is 1.97. The van der Waals surface area contributed by atoms with Crippen LogP contribution < -0.4 is 0 Å². The minimum Gasteiger partial charge on any atom is -0.462 e. The summed E-state index contributed by atoms with van der Waals surface area (Å²) in [5, 5.41) is 0. The molecule has 0 aromatic carbocycles. The summed E-state index contributed by atoms with van der Waals surface area (Å²) in [4.78, 5) is 19.2. The molecule has 1 N–H and O–H groups in total. The van der Waals surface area contributed by atoms with Crippen molar-refractivity contribution < 1.29 is 14.4 Å². The van der Waals surface area contributed by atoms with E-state index in [1.165, 1.54) is 0 Å². The fourth-order valence-corrected chi connectivity index (χ4v) is 0.693. The van der Waals surface area contributed by atoms with Gasteiger partial charge in [-0.2, -0.15) is 0 Å². The van der Waals surface area contributed by atoms with Gasteiger partial charge >= 0.3 is 5.97 Å². The predicted molar refractivity (Wildman–Crippen MR) is 41.1 cm³/mol. The number of ether oxygens (including phenoxy) is 1. The summed E-state index contributed by atoms with van der Waals surface area (Å²) in [5.41, 5.74) is 0. The van der Waals surface area contributed by atoms with Crippen molar-refractivity contribution in [3.8, 4) is 0 Å². The molecule has 1 atom stereocenters. The third kappa shape index (κ3) is 5.73. The van der Waals surface area contributed by atoms with Gasteiger partial charge in [-0.25, -0.2) is 4.79 Å². The Labute approximate surface area is 61.5 Å². The summed E-state index contributed by atoms with van der Waals surface area (Å²) in [6, 6.07) is 0. The number of hydrogen-bond donors (Lipinski definition) is 1. The van der Waals surface area contributed by atoms with Crippen LogP contribution in [0.2, 0.25) is 0 Å². The van der Waals surface area contributed by atoms with Gasteiger partial charge in [-0.1, -0.05) is 6.58 Å². The van der Waals surface area contributed by atoms with Crippen molar-refractivity contribution in [2.24, 2.45) is 0 Å². The average Bonchev–Trinajstić information content (AvgIpc) is 1.87. The van der Waals surface area contributed by atoms with Crippen LogP contribution in [0.4, 0.5) is 0 Å². The van der Waals surface area contributed by atoms with Crippen LogP contribution in [0.5, 0.6) is 0 Å². The molecular formula is C6H11O3P. The minimum absolute atomic E-state index is 0.281. The molecule has 0 heterocycles. The van der Waals surface area contributed by atoms with Gasteiger partial charge in [0.15, 0.2) is 0 Å². The molecule has 58 valence electrons. The van der Waals surface area contributed by atoms with E-state index >= 15 is 0 Å². The van der Waals surface area contributed by atoms with Crippen molar-refractivity contribution in [3.05, 3.63) is 12.7 Å². The Hall–Kier alpha value is -0.400. The quantitative estimate of drug-likeness (QED) is 0.376. The lowest BCUT2D eigenvalue weighted by molar-refractivity contribution is -0.137. The van der Waals surface area contributed by atoms with E-state index in [2.05, 4.69) is 11.3 Å². The third-order valence-corrected chi connectivity index (χ3v) is 1.66. The van der Waals surface area contributed by atoms with Crippen LogP contribution in [-0.2, 0) is 9.53 Å². The average molecular weight is 162 g/mol. The lowest BCUT2D eigenvalue weighted by Gasteiger charge is -2.02.